The number of aromatic hydroxyl groups is 1. The van der Waals surface area contributed by atoms with Gasteiger partial charge in [0.2, 0.25) is 5.88 Å². The molecule has 3 aromatic rings. The van der Waals surface area contributed by atoms with Crippen LogP contribution in [0, 0.1) is 13.8 Å². The zero-order chi connectivity index (χ0) is 21.8. The van der Waals surface area contributed by atoms with Crippen molar-refractivity contribution in [1.29, 1.82) is 0 Å². The second-order valence-corrected chi connectivity index (χ2v) is 7.60. The van der Waals surface area contributed by atoms with Gasteiger partial charge in [0.05, 0.1) is 17.8 Å². The summed E-state index contributed by atoms with van der Waals surface area (Å²) in [6.07, 6.45) is 3.56. The van der Waals surface area contributed by atoms with Gasteiger partial charge in [0.15, 0.2) is 0 Å². The van der Waals surface area contributed by atoms with E-state index in [-0.39, 0.29) is 5.75 Å². The Kier molecular flexibility index (Phi) is 6.53. The first kappa shape index (κ1) is 21.5. The van der Waals surface area contributed by atoms with Crippen molar-refractivity contribution in [1.82, 2.24) is 10.3 Å². The molecule has 0 spiro atoms. The summed E-state index contributed by atoms with van der Waals surface area (Å²) in [6, 6.07) is 11.6. The van der Waals surface area contributed by atoms with Gasteiger partial charge < -0.3 is 20.5 Å². The summed E-state index contributed by atoms with van der Waals surface area (Å²) in [5.74, 6) is 0.763. The standard InChI is InChI=1S/C24H26ClN3O2/c1-14-8-19(17-6-7-22(21(25)11-17)28-16(3)12-26-4)23(29)20(9-14)18-10-15(2)24(30-5)27-13-18/h6-13,26,28-29H,1-5H3/b16-12-. The molecule has 0 aliphatic carbocycles. The molecule has 2 aromatic carbocycles. The van der Waals surface area contributed by atoms with Crippen LogP contribution in [0.4, 0.5) is 5.69 Å². The number of rotatable bonds is 6. The summed E-state index contributed by atoms with van der Waals surface area (Å²) < 4.78 is 5.25. The number of hydrogen-bond acceptors (Lipinski definition) is 5. The number of aromatic nitrogens is 1. The topological polar surface area (TPSA) is 66.4 Å². The van der Waals surface area contributed by atoms with Crippen molar-refractivity contribution in [2.75, 3.05) is 19.5 Å². The third-order valence-electron chi connectivity index (χ3n) is 4.76. The van der Waals surface area contributed by atoms with Gasteiger partial charge >= 0.3 is 0 Å². The van der Waals surface area contributed by atoms with Crippen molar-refractivity contribution >= 4 is 17.3 Å². The van der Waals surface area contributed by atoms with Crippen LogP contribution in [-0.4, -0.2) is 24.2 Å². The lowest BCUT2D eigenvalue weighted by Crippen LogP contribution is -2.02. The smallest absolute Gasteiger partial charge is 0.215 e. The molecule has 30 heavy (non-hydrogen) atoms. The van der Waals surface area contributed by atoms with Crippen molar-refractivity contribution in [3.8, 4) is 33.9 Å². The number of ether oxygens (including phenoxy) is 1. The fourth-order valence-corrected chi connectivity index (χ4v) is 3.62. The molecule has 0 fully saturated rings. The molecule has 3 N–H and O–H groups in total. The number of nitrogens with one attached hydrogen (secondary N) is 2. The van der Waals surface area contributed by atoms with Crippen LogP contribution in [0.5, 0.6) is 11.6 Å². The Morgan fingerprint density at radius 2 is 1.80 bits per heavy atom. The molecule has 156 valence electrons. The van der Waals surface area contributed by atoms with Crippen molar-refractivity contribution in [3.05, 3.63) is 70.6 Å². The van der Waals surface area contributed by atoms with E-state index in [0.717, 1.165) is 44.8 Å². The summed E-state index contributed by atoms with van der Waals surface area (Å²) >= 11 is 6.51. The molecular weight excluding hydrogens is 398 g/mol. The Hall–Kier alpha value is -3.18. The zero-order valence-electron chi connectivity index (χ0n) is 17.8. The average molecular weight is 424 g/mol. The van der Waals surface area contributed by atoms with Gasteiger partial charge in [-0.3, -0.25) is 0 Å². The number of phenolic OH excluding ortho intramolecular Hbond substituents is 1. The third-order valence-corrected chi connectivity index (χ3v) is 5.07. The van der Waals surface area contributed by atoms with Gasteiger partial charge in [0, 0.05) is 47.4 Å². The fraction of sp³-hybridized carbons (Fsp3) is 0.208. The van der Waals surface area contributed by atoms with Crippen LogP contribution in [0.15, 0.2) is 54.5 Å². The molecule has 1 heterocycles. The maximum absolute atomic E-state index is 11.1. The molecule has 0 bridgehead atoms. The largest absolute Gasteiger partial charge is 0.507 e. The predicted octanol–water partition coefficient (Wildman–Crippen LogP) is 5.89. The van der Waals surface area contributed by atoms with Gasteiger partial charge in [0.25, 0.3) is 0 Å². The molecule has 5 nitrogen and oxygen atoms in total. The summed E-state index contributed by atoms with van der Waals surface area (Å²) in [5.41, 5.74) is 6.76. The Balaban J connectivity index is 2.04. The maximum atomic E-state index is 11.1. The number of methoxy groups -OCH3 is 1. The molecule has 0 aliphatic rings. The van der Waals surface area contributed by atoms with Crippen LogP contribution < -0.4 is 15.4 Å². The molecule has 0 saturated carbocycles. The second kappa shape index (κ2) is 9.09. The van der Waals surface area contributed by atoms with E-state index in [4.69, 9.17) is 16.3 Å². The van der Waals surface area contributed by atoms with E-state index in [1.165, 1.54) is 0 Å². The van der Waals surface area contributed by atoms with Crippen molar-refractivity contribution in [2.45, 2.75) is 20.8 Å². The molecule has 0 aliphatic heterocycles. The number of aryl methyl sites for hydroxylation is 2. The van der Waals surface area contributed by atoms with Gasteiger partial charge in [0.1, 0.15) is 5.75 Å². The molecule has 6 heteroatoms. The molecule has 0 unspecified atom stereocenters. The predicted molar refractivity (Wildman–Crippen MR) is 124 cm³/mol. The van der Waals surface area contributed by atoms with Crippen molar-refractivity contribution < 1.29 is 9.84 Å². The molecule has 0 saturated heterocycles. The van der Waals surface area contributed by atoms with Gasteiger partial charge in [-0.1, -0.05) is 17.7 Å². The van der Waals surface area contributed by atoms with E-state index in [0.29, 0.717) is 10.9 Å². The number of allylic oxidation sites excluding steroid dienone is 1. The minimum atomic E-state index is 0.190. The van der Waals surface area contributed by atoms with Gasteiger partial charge in [-0.2, -0.15) is 0 Å². The first-order valence-electron chi connectivity index (χ1n) is 9.59. The van der Waals surface area contributed by atoms with E-state index < -0.39 is 0 Å². The highest BCUT2D eigenvalue weighted by Gasteiger charge is 2.15. The summed E-state index contributed by atoms with van der Waals surface area (Å²) in [6.45, 7) is 5.88. The lowest BCUT2D eigenvalue weighted by Gasteiger charge is -2.15. The highest BCUT2D eigenvalue weighted by atomic mass is 35.5. The second-order valence-electron chi connectivity index (χ2n) is 7.19. The fourth-order valence-electron chi connectivity index (χ4n) is 3.39. The van der Waals surface area contributed by atoms with Crippen molar-refractivity contribution in [2.24, 2.45) is 0 Å². The quantitative estimate of drug-likeness (QED) is 0.461. The van der Waals surface area contributed by atoms with Crippen LogP contribution in [0.25, 0.3) is 22.3 Å². The summed E-state index contributed by atoms with van der Waals surface area (Å²) in [5, 5.41) is 17.9. The SMILES string of the molecule is CN/C=C(/C)Nc1ccc(-c2cc(C)cc(-c3cnc(OC)c(C)c3)c2O)cc1Cl. The average Bonchev–Trinajstić information content (AvgIpc) is 2.71. The van der Waals surface area contributed by atoms with Gasteiger partial charge in [-0.25, -0.2) is 4.98 Å². The lowest BCUT2D eigenvalue weighted by molar-refractivity contribution is 0.394. The lowest BCUT2D eigenvalue weighted by atomic mass is 9.95. The Morgan fingerprint density at radius 1 is 1.10 bits per heavy atom. The number of hydrogen-bond donors (Lipinski definition) is 3. The number of pyridine rings is 1. The summed E-state index contributed by atoms with van der Waals surface area (Å²) in [7, 11) is 3.43. The third kappa shape index (κ3) is 4.52. The molecule has 0 amide bonds. The number of anilines is 1. The van der Waals surface area contributed by atoms with Crippen LogP contribution in [-0.2, 0) is 0 Å². The van der Waals surface area contributed by atoms with Crippen LogP contribution >= 0.6 is 11.6 Å². The Labute approximate surface area is 182 Å². The molecule has 3 rings (SSSR count). The summed E-state index contributed by atoms with van der Waals surface area (Å²) in [4.78, 5) is 4.34. The first-order chi connectivity index (χ1) is 14.3. The van der Waals surface area contributed by atoms with Gasteiger partial charge in [-0.15, -0.1) is 0 Å². The zero-order valence-corrected chi connectivity index (χ0v) is 18.6. The highest BCUT2D eigenvalue weighted by molar-refractivity contribution is 6.33. The normalized spacial score (nSPS) is 11.3. The van der Waals surface area contributed by atoms with Crippen LogP contribution in [0.3, 0.4) is 0 Å². The minimum Gasteiger partial charge on any atom is -0.507 e. The monoisotopic (exact) mass is 423 g/mol. The number of halogens is 1. The molecule has 1 aromatic heterocycles. The molecule has 0 atom stereocenters. The number of nitrogens with zero attached hydrogens (tertiary/aromatic N) is 1. The van der Waals surface area contributed by atoms with E-state index >= 15 is 0 Å². The number of benzene rings is 2. The van der Waals surface area contributed by atoms with Crippen LogP contribution in [0.2, 0.25) is 5.02 Å². The van der Waals surface area contributed by atoms with Crippen LogP contribution in [0.1, 0.15) is 18.1 Å². The van der Waals surface area contributed by atoms with E-state index in [1.54, 1.807) is 13.3 Å². The molecule has 0 radical (unpaired) electrons. The number of phenols is 1. The van der Waals surface area contributed by atoms with E-state index in [2.05, 4.69) is 15.6 Å². The van der Waals surface area contributed by atoms with Crippen molar-refractivity contribution in [3.63, 3.8) is 0 Å². The maximum Gasteiger partial charge on any atom is 0.215 e. The Morgan fingerprint density at radius 3 is 2.40 bits per heavy atom. The minimum absolute atomic E-state index is 0.190. The Bertz CT molecular complexity index is 1110. The molecular formula is C24H26ClN3O2. The first-order valence-corrected chi connectivity index (χ1v) is 9.97. The highest BCUT2D eigenvalue weighted by Crippen LogP contribution is 2.41. The van der Waals surface area contributed by atoms with E-state index in [9.17, 15) is 5.11 Å². The van der Waals surface area contributed by atoms with Gasteiger partial charge in [-0.05, 0) is 62.2 Å². The van der Waals surface area contributed by atoms with E-state index in [1.807, 2.05) is 70.4 Å².